The Balaban J connectivity index is 2.86. The third kappa shape index (κ3) is 1.70. The van der Waals surface area contributed by atoms with Gasteiger partial charge < -0.3 is 0 Å². The maximum absolute atomic E-state index is 5.91. The van der Waals surface area contributed by atoms with Gasteiger partial charge in [-0.2, -0.15) is 0 Å². The highest BCUT2D eigenvalue weighted by molar-refractivity contribution is 6.38. The zero-order chi connectivity index (χ0) is 9.42. The van der Waals surface area contributed by atoms with Crippen LogP contribution in [0.4, 0.5) is 0 Å². The minimum Gasteiger partial charge on any atom is -0.244 e. The van der Waals surface area contributed by atoms with E-state index in [1.807, 2.05) is 0 Å². The summed E-state index contributed by atoms with van der Waals surface area (Å²) in [4.78, 5) is 7.95. The van der Waals surface area contributed by atoms with Crippen LogP contribution in [-0.2, 0) is 0 Å². The van der Waals surface area contributed by atoms with Crippen LogP contribution in [0.15, 0.2) is 18.3 Å². The molecule has 0 saturated heterocycles. The molecule has 0 saturated carbocycles. The van der Waals surface area contributed by atoms with Crippen molar-refractivity contribution >= 4 is 45.7 Å². The highest BCUT2D eigenvalue weighted by Crippen LogP contribution is 2.25. The minimum absolute atomic E-state index is 0.347. The first-order valence-electron chi connectivity index (χ1n) is 3.44. The maximum atomic E-state index is 5.91. The zero-order valence-electron chi connectivity index (χ0n) is 6.26. The highest BCUT2D eigenvalue weighted by Gasteiger charge is 2.03. The van der Waals surface area contributed by atoms with E-state index in [0.29, 0.717) is 20.8 Å². The van der Waals surface area contributed by atoms with Gasteiger partial charge in [0.25, 0.3) is 0 Å². The number of rotatable bonds is 0. The van der Waals surface area contributed by atoms with E-state index in [1.165, 1.54) is 0 Å². The Kier molecular flexibility index (Phi) is 2.28. The molecule has 13 heavy (non-hydrogen) atoms. The molecule has 0 unspecified atom stereocenters. The van der Waals surface area contributed by atoms with E-state index in [2.05, 4.69) is 9.97 Å². The van der Waals surface area contributed by atoms with Crippen molar-refractivity contribution in [2.24, 2.45) is 0 Å². The van der Waals surface area contributed by atoms with Gasteiger partial charge in [-0.15, -0.1) is 0 Å². The SMILES string of the molecule is Clc1cc2nc(Cl)cc(Cl)c2cn1. The summed E-state index contributed by atoms with van der Waals surface area (Å²) >= 11 is 17.3. The highest BCUT2D eigenvalue weighted by atomic mass is 35.5. The lowest BCUT2D eigenvalue weighted by molar-refractivity contribution is 1.32. The van der Waals surface area contributed by atoms with Crippen molar-refractivity contribution in [3.63, 3.8) is 0 Å². The van der Waals surface area contributed by atoms with Crippen LogP contribution in [0.5, 0.6) is 0 Å². The van der Waals surface area contributed by atoms with E-state index < -0.39 is 0 Å². The molecule has 0 N–H and O–H groups in total. The standard InChI is InChI=1S/C8H3Cl3N2/c9-5-1-8(11)13-6-2-7(10)12-3-4(5)6/h1-3H. The Morgan fingerprint density at radius 2 is 1.77 bits per heavy atom. The van der Waals surface area contributed by atoms with Gasteiger partial charge in [-0.25, -0.2) is 9.97 Å². The van der Waals surface area contributed by atoms with Crippen LogP contribution >= 0.6 is 34.8 Å². The smallest absolute Gasteiger partial charge is 0.131 e. The Labute approximate surface area is 89.5 Å². The van der Waals surface area contributed by atoms with E-state index in [9.17, 15) is 0 Å². The Morgan fingerprint density at radius 3 is 2.54 bits per heavy atom. The largest absolute Gasteiger partial charge is 0.244 e. The lowest BCUT2D eigenvalue weighted by Crippen LogP contribution is -1.83. The van der Waals surface area contributed by atoms with E-state index >= 15 is 0 Å². The van der Waals surface area contributed by atoms with Crippen LogP contribution in [0, 0.1) is 0 Å². The van der Waals surface area contributed by atoms with Gasteiger partial charge in [0.2, 0.25) is 0 Å². The number of halogens is 3. The fraction of sp³-hybridized carbons (Fsp3) is 0. The van der Waals surface area contributed by atoms with Gasteiger partial charge in [0.1, 0.15) is 10.3 Å². The topological polar surface area (TPSA) is 25.8 Å². The van der Waals surface area contributed by atoms with E-state index in [-0.39, 0.29) is 0 Å². The fourth-order valence-corrected chi connectivity index (χ4v) is 1.68. The molecule has 0 bridgehead atoms. The minimum atomic E-state index is 0.347. The van der Waals surface area contributed by atoms with Crippen LogP contribution in [0.25, 0.3) is 10.9 Å². The molecule has 2 heterocycles. The van der Waals surface area contributed by atoms with Gasteiger partial charge in [0, 0.05) is 17.6 Å². The van der Waals surface area contributed by atoms with Crippen molar-refractivity contribution in [3.8, 4) is 0 Å². The Morgan fingerprint density at radius 1 is 1.00 bits per heavy atom. The second-order valence-electron chi connectivity index (χ2n) is 2.45. The van der Waals surface area contributed by atoms with Crippen molar-refractivity contribution in [3.05, 3.63) is 33.7 Å². The number of aromatic nitrogens is 2. The Bertz CT molecular complexity index is 465. The molecule has 66 valence electrons. The first kappa shape index (κ1) is 9.00. The van der Waals surface area contributed by atoms with Gasteiger partial charge in [-0.3, -0.25) is 0 Å². The number of hydrogen-bond donors (Lipinski definition) is 0. The monoisotopic (exact) mass is 232 g/mol. The number of pyridine rings is 2. The quantitative estimate of drug-likeness (QED) is 0.650. The molecule has 0 amide bonds. The normalized spacial score (nSPS) is 10.7. The van der Waals surface area contributed by atoms with Gasteiger partial charge in [0.05, 0.1) is 10.5 Å². The van der Waals surface area contributed by atoms with Crippen molar-refractivity contribution in [1.82, 2.24) is 9.97 Å². The molecule has 0 fully saturated rings. The summed E-state index contributed by atoms with van der Waals surface area (Å²) in [5.41, 5.74) is 0.650. The van der Waals surface area contributed by atoms with Crippen molar-refractivity contribution in [1.29, 1.82) is 0 Å². The molecule has 0 aliphatic heterocycles. The molecule has 0 atom stereocenters. The number of nitrogens with zero attached hydrogens (tertiary/aromatic N) is 2. The molecule has 2 aromatic rings. The van der Waals surface area contributed by atoms with E-state index in [1.54, 1.807) is 18.3 Å². The maximum Gasteiger partial charge on any atom is 0.131 e. The first-order chi connectivity index (χ1) is 6.16. The molecular weight excluding hydrogens is 230 g/mol. The van der Waals surface area contributed by atoms with Gasteiger partial charge in [-0.1, -0.05) is 34.8 Å². The van der Waals surface area contributed by atoms with E-state index in [4.69, 9.17) is 34.8 Å². The van der Waals surface area contributed by atoms with Gasteiger partial charge in [-0.05, 0) is 6.07 Å². The van der Waals surface area contributed by atoms with Crippen LogP contribution in [0.2, 0.25) is 15.3 Å². The summed E-state index contributed by atoms with van der Waals surface area (Å²) < 4.78 is 0. The molecular formula is C8H3Cl3N2. The molecule has 0 spiro atoms. The lowest BCUT2D eigenvalue weighted by atomic mass is 10.3. The molecule has 0 aliphatic carbocycles. The van der Waals surface area contributed by atoms with Gasteiger partial charge in [0.15, 0.2) is 0 Å². The summed E-state index contributed by atoms with van der Waals surface area (Å²) in [5.74, 6) is 0. The lowest BCUT2D eigenvalue weighted by Gasteiger charge is -1.99. The second kappa shape index (κ2) is 3.29. The molecule has 0 aliphatic rings. The molecule has 0 radical (unpaired) electrons. The molecule has 5 heteroatoms. The van der Waals surface area contributed by atoms with Crippen LogP contribution in [0.3, 0.4) is 0 Å². The molecule has 0 aromatic carbocycles. The third-order valence-corrected chi connectivity index (χ3v) is 2.29. The van der Waals surface area contributed by atoms with Crippen LogP contribution in [0.1, 0.15) is 0 Å². The van der Waals surface area contributed by atoms with Crippen molar-refractivity contribution in [2.45, 2.75) is 0 Å². The molecule has 2 aromatic heterocycles. The number of fused-ring (bicyclic) bond motifs is 1. The average molecular weight is 233 g/mol. The van der Waals surface area contributed by atoms with E-state index in [0.717, 1.165) is 5.39 Å². The van der Waals surface area contributed by atoms with Crippen LogP contribution in [-0.4, -0.2) is 9.97 Å². The summed E-state index contributed by atoms with van der Waals surface area (Å²) in [6, 6.07) is 3.19. The summed E-state index contributed by atoms with van der Waals surface area (Å²) in [6.45, 7) is 0. The van der Waals surface area contributed by atoms with Crippen LogP contribution < -0.4 is 0 Å². The fourth-order valence-electron chi connectivity index (χ4n) is 1.03. The molecule has 2 rings (SSSR count). The third-order valence-electron chi connectivity index (χ3n) is 1.58. The predicted octanol–water partition coefficient (Wildman–Crippen LogP) is 3.59. The van der Waals surface area contributed by atoms with Gasteiger partial charge >= 0.3 is 0 Å². The average Bonchev–Trinajstić information content (AvgIpc) is 2.02. The Hall–Kier alpha value is -0.570. The number of hydrogen-bond acceptors (Lipinski definition) is 2. The summed E-state index contributed by atoms with van der Waals surface area (Å²) in [5, 5.41) is 1.99. The summed E-state index contributed by atoms with van der Waals surface area (Å²) in [6.07, 6.45) is 1.57. The van der Waals surface area contributed by atoms with Crippen molar-refractivity contribution < 1.29 is 0 Å². The summed E-state index contributed by atoms with van der Waals surface area (Å²) in [7, 11) is 0. The second-order valence-corrected chi connectivity index (χ2v) is 3.63. The first-order valence-corrected chi connectivity index (χ1v) is 4.57. The zero-order valence-corrected chi connectivity index (χ0v) is 8.53. The predicted molar refractivity (Wildman–Crippen MR) is 54.6 cm³/mol. The van der Waals surface area contributed by atoms with Crippen molar-refractivity contribution in [2.75, 3.05) is 0 Å². The molecule has 2 nitrogen and oxygen atoms in total.